The van der Waals surface area contributed by atoms with E-state index in [9.17, 15) is 9.59 Å². The lowest BCUT2D eigenvalue weighted by atomic mass is 9.84. The van der Waals surface area contributed by atoms with Crippen LogP contribution in [0.1, 0.15) is 39.5 Å². The molecule has 2 heterocycles. The normalized spacial score (nSPS) is 39.9. The van der Waals surface area contributed by atoms with Gasteiger partial charge in [-0.05, 0) is 31.8 Å². The van der Waals surface area contributed by atoms with Crippen LogP contribution in [0.25, 0.3) is 0 Å². The van der Waals surface area contributed by atoms with Crippen molar-refractivity contribution in [3.8, 4) is 0 Å². The molecular weight excluding hydrogens is 284 g/mol. The lowest BCUT2D eigenvalue weighted by molar-refractivity contribution is -0.141. The van der Waals surface area contributed by atoms with Crippen molar-refractivity contribution in [3.05, 3.63) is 23.8 Å². The van der Waals surface area contributed by atoms with Gasteiger partial charge in [0.25, 0.3) is 0 Å². The Morgan fingerprint density at radius 3 is 3.05 bits per heavy atom. The maximum atomic E-state index is 11.8. The van der Waals surface area contributed by atoms with Gasteiger partial charge >= 0.3 is 11.9 Å². The molecule has 0 aromatic rings. The van der Waals surface area contributed by atoms with Crippen molar-refractivity contribution in [2.75, 3.05) is 6.61 Å². The first-order valence-electron chi connectivity index (χ1n) is 7.78. The van der Waals surface area contributed by atoms with Crippen LogP contribution in [0.4, 0.5) is 0 Å². The third-order valence-electron chi connectivity index (χ3n) is 4.91. The molecule has 4 atom stereocenters. The Morgan fingerprint density at radius 2 is 2.32 bits per heavy atom. The molecule has 0 unspecified atom stereocenters. The van der Waals surface area contributed by atoms with Crippen molar-refractivity contribution in [3.63, 3.8) is 0 Å². The number of fused-ring (bicyclic) bond motifs is 2. The molecule has 120 valence electrons. The van der Waals surface area contributed by atoms with Crippen molar-refractivity contribution in [1.29, 1.82) is 0 Å². The summed E-state index contributed by atoms with van der Waals surface area (Å²) in [5.74, 6) is -0.600. The predicted octanol–water partition coefficient (Wildman–Crippen LogP) is 2.31. The Hall–Kier alpha value is -1.62. The van der Waals surface area contributed by atoms with Crippen molar-refractivity contribution in [1.82, 2.24) is 0 Å². The van der Waals surface area contributed by atoms with E-state index in [1.165, 1.54) is 6.92 Å². The summed E-state index contributed by atoms with van der Waals surface area (Å²) in [6.07, 6.45) is 5.23. The fourth-order valence-electron chi connectivity index (χ4n) is 3.42. The van der Waals surface area contributed by atoms with E-state index in [2.05, 4.69) is 19.6 Å². The largest absolute Gasteiger partial charge is 0.461 e. The van der Waals surface area contributed by atoms with Crippen LogP contribution in [-0.4, -0.2) is 36.4 Å². The Kier molecular flexibility index (Phi) is 3.85. The molecule has 0 aromatic carbocycles. The smallest absolute Gasteiger partial charge is 0.334 e. The zero-order valence-corrected chi connectivity index (χ0v) is 13.1. The van der Waals surface area contributed by atoms with Gasteiger partial charge in [0, 0.05) is 24.8 Å². The quantitative estimate of drug-likeness (QED) is 0.339. The van der Waals surface area contributed by atoms with Crippen molar-refractivity contribution in [2.45, 2.75) is 57.3 Å². The summed E-state index contributed by atoms with van der Waals surface area (Å²) in [5, 5.41) is 0. The molecule has 1 aliphatic carbocycles. The zero-order chi connectivity index (χ0) is 15.9. The highest BCUT2D eigenvalue weighted by Crippen LogP contribution is 2.47. The van der Waals surface area contributed by atoms with Gasteiger partial charge in [0.2, 0.25) is 0 Å². The van der Waals surface area contributed by atoms with Crippen LogP contribution in [0.5, 0.6) is 0 Å². The van der Waals surface area contributed by atoms with Crippen LogP contribution < -0.4 is 0 Å². The Morgan fingerprint density at radius 1 is 1.55 bits per heavy atom. The van der Waals surface area contributed by atoms with Crippen LogP contribution >= 0.6 is 0 Å². The molecular formula is C17H22O5. The molecule has 0 saturated carbocycles. The van der Waals surface area contributed by atoms with E-state index in [-0.39, 0.29) is 35.7 Å². The second-order valence-electron chi connectivity index (χ2n) is 6.62. The van der Waals surface area contributed by atoms with Gasteiger partial charge in [-0.2, -0.15) is 0 Å². The molecule has 5 heteroatoms. The van der Waals surface area contributed by atoms with Crippen LogP contribution in [-0.2, 0) is 23.8 Å². The van der Waals surface area contributed by atoms with Crippen LogP contribution in [0.2, 0.25) is 0 Å². The fourth-order valence-corrected chi connectivity index (χ4v) is 3.42. The molecule has 0 bridgehead atoms. The lowest BCUT2D eigenvalue weighted by Crippen LogP contribution is -2.26. The molecule has 2 fully saturated rings. The maximum absolute atomic E-state index is 11.8. The van der Waals surface area contributed by atoms with E-state index < -0.39 is 0 Å². The van der Waals surface area contributed by atoms with Gasteiger partial charge < -0.3 is 14.2 Å². The zero-order valence-electron chi connectivity index (χ0n) is 13.1. The number of hydrogen-bond acceptors (Lipinski definition) is 5. The highest BCUT2D eigenvalue weighted by molar-refractivity contribution is 5.90. The number of ether oxygens (including phenoxy) is 3. The summed E-state index contributed by atoms with van der Waals surface area (Å²) in [4.78, 5) is 22.8. The third kappa shape index (κ3) is 2.95. The van der Waals surface area contributed by atoms with Gasteiger partial charge in [-0.3, -0.25) is 4.79 Å². The van der Waals surface area contributed by atoms with E-state index in [1.807, 2.05) is 0 Å². The SMILES string of the molecule is C=C1C(=O)O[C@@H]2C[C@]3(C)O[C@H]3CC/C(COC(C)=O)=C/C[C@@H]12. The van der Waals surface area contributed by atoms with Gasteiger partial charge in [0.15, 0.2) is 0 Å². The minimum absolute atomic E-state index is 0.0143. The molecule has 0 N–H and O–H groups in total. The average molecular weight is 306 g/mol. The molecule has 0 radical (unpaired) electrons. The fraction of sp³-hybridized carbons (Fsp3) is 0.647. The number of esters is 2. The van der Waals surface area contributed by atoms with Gasteiger partial charge in [-0.1, -0.05) is 12.7 Å². The molecule has 2 saturated heterocycles. The summed E-state index contributed by atoms with van der Waals surface area (Å²) in [7, 11) is 0. The maximum Gasteiger partial charge on any atom is 0.334 e. The molecule has 0 amide bonds. The highest BCUT2D eigenvalue weighted by atomic mass is 16.6. The minimum atomic E-state index is -0.301. The van der Waals surface area contributed by atoms with E-state index in [1.54, 1.807) is 0 Å². The second-order valence-corrected chi connectivity index (χ2v) is 6.62. The van der Waals surface area contributed by atoms with E-state index in [0.29, 0.717) is 18.6 Å². The van der Waals surface area contributed by atoms with Crippen molar-refractivity contribution < 1.29 is 23.8 Å². The first-order chi connectivity index (χ1) is 10.4. The number of epoxide rings is 1. The summed E-state index contributed by atoms with van der Waals surface area (Å²) < 4.78 is 16.4. The Labute approximate surface area is 130 Å². The predicted molar refractivity (Wildman–Crippen MR) is 79.0 cm³/mol. The molecule has 22 heavy (non-hydrogen) atoms. The highest BCUT2D eigenvalue weighted by Gasteiger charge is 2.55. The molecule has 2 aliphatic heterocycles. The molecule has 0 spiro atoms. The molecule has 3 rings (SSSR count). The second kappa shape index (κ2) is 5.54. The number of hydrogen-bond donors (Lipinski definition) is 0. The van der Waals surface area contributed by atoms with Crippen LogP contribution in [0, 0.1) is 5.92 Å². The molecule has 0 aromatic heterocycles. The van der Waals surface area contributed by atoms with Crippen LogP contribution in [0.15, 0.2) is 23.8 Å². The first-order valence-corrected chi connectivity index (χ1v) is 7.78. The summed E-state index contributed by atoms with van der Waals surface area (Å²) in [6, 6.07) is 0. The molecule has 3 aliphatic rings. The Balaban J connectivity index is 1.78. The molecule has 5 nitrogen and oxygen atoms in total. The standard InChI is InChI=1S/C17H22O5/c1-10-13-6-4-12(9-20-11(2)18)5-7-15-17(3,22-15)8-14(13)21-16(10)19/h4,13-15H,1,5-9H2,2-3H3/b12-4-/t13-,14+,15-,17-/m0/s1. The minimum Gasteiger partial charge on any atom is -0.461 e. The third-order valence-corrected chi connectivity index (χ3v) is 4.91. The van der Waals surface area contributed by atoms with Gasteiger partial charge in [0.05, 0.1) is 11.7 Å². The van der Waals surface area contributed by atoms with Gasteiger partial charge in [0.1, 0.15) is 12.7 Å². The van der Waals surface area contributed by atoms with Crippen molar-refractivity contribution >= 4 is 11.9 Å². The summed E-state index contributed by atoms with van der Waals surface area (Å²) in [5.41, 5.74) is 1.40. The number of rotatable bonds is 2. The topological polar surface area (TPSA) is 65.1 Å². The average Bonchev–Trinajstić information content (AvgIpc) is 3.01. The lowest BCUT2D eigenvalue weighted by Gasteiger charge is -2.20. The van der Waals surface area contributed by atoms with Gasteiger partial charge in [-0.15, -0.1) is 0 Å². The number of carbonyl (C=O) groups excluding carboxylic acids is 2. The van der Waals surface area contributed by atoms with Gasteiger partial charge in [-0.25, -0.2) is 4.79 Å². The Bertz CT molecular complexity index is 549. The van der Waals surface area contributed by atoms with E-state index in [4.69, 9.17) is 14.2 Å². The first kappa shape index (κ1) is 15.3. The van der Waals surface area contributed by atoms with Crippen LogP contribution in [0.3, 0.4) is 0 Å². The number of carbonyl (C=O) groups is 2. The van der Waals surface area contributed by atoms with E-state index >= 15 is 0 Å². The van der Waals surface area contributed by atoms with Crippen molar-refractivity contribution in [2.24, 2.45) is 5.92 Å². The summed E-state index contributed by atoms with van der Waals surface area (Å²) >= 11 is 0. The number of allylic oxidation sites excluding steroid dienone is 1. The monoisotopic (exact) mass is 306 g/mol. The van der Waals surface area contributed by atoms with E-state index in [0.717, 1.165) is 24.8 Å². The summed E-state index contributed by atoms with van der Waals surface area (Å²) in [6.45, 7) is 7.66.